The normalized spacial score (nSPS) is 10.1. The van der Waals surface area contributed by atoms with Gasteiger partial charge in [0, 0.05) is 13.1 Å². The summed E-state index contributed by atoms with van der Waals surface area (Å²) in [5.74, 6) is -1.65. The number of para-hydroxylation sites is 1. The Hall–Kier alpha value is -2.96. The number of nitrogens with one attached hydrogen (secondary N) is 1. The standard InChI is InChI=1S/C13H11N3O4/c1-16(10-5-3-2-4-8(10)13(19)20)12(18)9-6-7-11(17)15-14-9/h2-7H,1H3,(H,15,17)(H,19,20). The van der Waals surface area contributed by atoms with Crippen molar-refractivity contribution in [3.05, 3.63) is 58.0 Å². The molecule has 102 valence electrons. The Morgan fingerprint density at radius 3 is 2.50 bits per heavy atom. The van der Waals surface area contributed by atoms with Gasteiger partial charge in [0.25, 0.3) is 11.5 Å². The van der Waals surface area contributed by atoms with Crippen molar-refractivity contribution < 1.29 is 14.7 Å². The summed E-state index contributed by atoms with van der Waals surface area (Å²) in [5.41, 5.74) is -0.145. The zero-order valence-electron chi connectivity index (χ0n) is 10.5. The van der Waals surface area contributed by atoms with Crippen LogP contribution in [-0.4, -0.2) is 34.2 Å². The lowest BCUT2D eigenvalue weighted by molar-refractivity contribution is 0.0697. The van der Waals surface area contributed by atoms with E-state index in [1.165, 1.54) is 36.2 Å². The Kier molecular flexibility index (Phi) is 3.60. The van der Waals surface area contributed by atoms with Crippen LogP contribution in [0.5, 0.6) is 0 Å². The number of nitrogens with zero attached hydrogens (tertiary/aromatic N) is 2. The number of anilines is 1. The number of carboxylic acid groups (broad SMARTS) is 1. The Morgan fingerprint density at radius 1 is 1.20 bits per heavy atom. The molecule has 0 aliphatic heterocycles. The average molecular weight is 273 g/mol. The van der Waals surface area contributed by atoms with E-state index in [1.54, 1.807) is 12.1 Å². The number of carbonyl (C=O) groups is 2. The van der Waals surface area contributed by atoms with E-state index in [0.717, 1.165) is 0 Å². The van der Waals surface area contributed by atoms with Gasteiger partial charge in [-0.15, -0.1) is 0 Å². The van der Waals surface area contributed by atoms with Gasteiger partial charge in [-0.2, -0.15) is 5.10 Å². The molecule has 0 aliphatic rings. The van der Waals surface area contributed by atoms with E-state index in [0.29, 0.717) is 0 Å². The van der Waals surface area contributed by atoms with Gasteiger partial charge in [-0.1, -0.05) is 12.1 Å². The minimum Gasteiger partial charge on any atom is -0.478 e. The van der Waals surface area contributed by atoms with Crippen LogP contribution in [0.1, 0.15) is 20.8 Å². The monoisotopic (exact) mass is 273 g/mol. The number of aromatic amines is 1. The fourth-order valence-corrected chi connectivity index (χ4v) is 1.69. The molecular weight excluding hydrogens is 262 g/mol. The molecule has 7 heteroatoms. The van der Waals surface area contributed by atoms with Crippen molar-refractivity contribution in [3.63, 3.8) is 0 Å². The highest BCUT2D eigenvalue weighted by Crippen LogP contribution is 2.20. The van der Waals surface area contributed by atoms with Crippen molar-refractivity contribution in [1.82, 2.24) is 10.2 Å². The molecule has 1 heterocycles. The van der Waals surface area contributed by atoms with Crippen LogP contribution in [0.25, 0.3) is 0 Å². The Balaban J connectivity index is 2.38. The molecule has 0 radical (unpaired) electrons. The van der Waals surface area contributed by atoms with Gasteiger partial charge >= 0.3 is 5.97 Å². The maximum absolute atomic E-state index is 12.2. The highest BCUT2D eigenvalue weighted by Gasteiger charge is 2.20. The molecular formula is C13H11N3O4. The fourth-order valence-electron chi connectivity index (χ4n) is 1.69. The lowest BCUT2D eigenvalue weighted by Crippen LogP contribution is -2.29. The van der Waals surface area contributed by atoms with Crippen molar-refractivity contribution in [2.75, 3.05) is 11.9 Å². The molecule has 20 heavy (non-hydrogen) atoms. The highest BCUT2D eigenvalue weighted by atomic mass is 16.4. The molecule has 0 atom stereocenters. The van der Waals surface area contributed by atoms with Gasteiger partial charge in [0.05, 0.1) is 11.3 Å². The van der Waals surface area contributed by atoms with Crippen molar-refractivity contribution in [1.29, 1.82) is 0 Å². The van der Waals surface area contributed by atoms with Crippen molar-refractivity contribution >= 4 is 17.6 Å². The molecule has 0 spiro atoms. The van der Waals surface area contributed by atoms with Gasteiger partial charge in [-0.3, -0.25) is 9.59 Å². The van der Waals surface area contributed by atoms with Gasteiger partial charge in [0.2, 0.25) is 0 Å². The van der Waals surface area contributed by atoms with Gasteiger partial charge in [0.1, 0.15) is 5.69 Å². The summed E-state index contributed by atoms with van der Waals surface area (Å²) in [5, 5.41) is 14.9. The van der Waals surface area contributed by atoms with Crippen LogP contribution >= 0.6 is 0 Å². The fraction of sp³-hybridized carbons (Fsp3) is 0.0769. The van der Waals surface area contributed by atoms with E-state index in [4.69, 9.17) is 5.11 Å². The molecule has 0 bridgehead atoms. The summed E-state index contributed by atoms with van der Waals surface area (Å²) in [4.78, 5) is 35.4. The van der Waals surface area contributed by atoms with Crippen molar-refractivity contribution in [3.8, 4) is 0 Å². The van der Waals surface area contributed by atoms with Gasteiger partial charge < -0.3 is 10.0 Å². The molecule has 0 saturated carbocycles. The first-order valence-electron chi connectivity index (χ1n) is 5.67. The quantitative estimate of drug-likeness (QED) is 0.858. The molecule has 2 rings (SSSR count). The van der Waals surface area contributed by atoms with Crippen molar-refractivity contribution in [2.45, 2.75) is 0 Å². The zero-order valence-corrected chi connectivity index (χ0v) is 10.5. The lowest BCUT2D eigenvalue weighted by Gasteiger charge is -2.18. The minimum atomic E-state index is -1.13. The van der Waals surface area contributed by atoms with Crippen molar-refractivity contribution in [2.24, 2.45) is 0 Å². The van der Waals surface area contributed by atoms with Crippen LogP contribution in [0.15, 0.2) is 41.2 Å². The summed E-state index contributed by atoms with van der Waals surface area (Å²) in [7, 11) is 1.44. The third-order valence-corrected chi connectivity index (χ3v) is 2.70. The van der Waals surface area contributed by atoms with E-state index in [-0.39, 0.29) is 16.9 Å². The van der Waals surface area contributed by atoms with E-state index < -0.39 is 17.4 Å². The van der Waals surface area contributed by atoms with Crippen LogP contribution in [0.3, 0.4) is 0 Å². The van der Waals surface area contributed by atoms with Crippen LogP contribution in [0, 0.1) is 0 Å². The maximum atomic E-state index is 12.2. The molecule has 0 fully saturated rings. The minimum absolute atomic E-state index is 0.00720. The van der Waals surface area contributed by atoms with Crippen LogP contribution < -0.4 is 10.5 Å². The summed E-state index contributed by atoms with van der Waals surface area (Å²) < 4.78 is 0. The van der Waals surface area contributed by atoms with E-state index in [9.17, 15) is 14.4 Å². The number of carboxylic acids is 1. The average Bonchev–Trinajstić information content (AvgIpc) is 2.46. The summed E-state index contributed by atoms with van der Waals surface area (Å²) in [6, 6.07) is 8.59. The van der Waals surface area contributed by atoms with E-state index >= 15 is 0 Å². The van der Waals surface area contributed by atoms with E-state index in [2.05, 4.69) is 10.2 Å². The first-order valence-corrected chi connectivity index (χ1v) is 5.67. The maximum Gasteiger partial charge on any atom is 0.337 e. The Morgan fingerprint density at radius 2 is 1.90 bits per heavy atom. The predicted octanol–water partition coefficient (Wildman–Crippen LogP) is 0.745. The highest BCUT2D eigenvalue weighted by molar-refractivity contribution is 6.07. The number of aromatic nitrogens is 2. The number of hydrogen-bond donors (Lipinski definition) is 2. The first kappa shape index (κ1) is 13.5. The Labute approximate surface area is 113 Å². The number of H-pyrrole nitrogens is 1. The number of hydrogen-bond acceptors (Lipinski definition) is 4. The second-order valence-corrected chi connectivity index (χ2v) is 3.99. The molecule has 0 saturated heterocycles. The topological polar surface area (TPSA) is 103 Å². The van der Waals surface area contributed by atoms with Crippen LogP contribution in [-0.2, 0) is 0 Å². The molecule has 0 unspecified atom stereocenters. The molecule has 2 N–H and O–H groups in total. The van der Waals surface area contributed by atoms with Gasteiger partial charge in [0.15, 0.2) is 0 Å². The van der Waals surface area contributed by atoms with Gasteiger partial charge in [-0.05, 0) is 18.2 Å². The Bertz CT molecular complexity index is 703. The molecule has 2 aromatic rings. The third-order valence-electron chi connectivity index (χ3n) is 2.70. The molecule has 0 aliphatic carbocycles. The molecule has 1 aromatic heterocycles. The van der Waals surface area contributed by atoms with E-state index in [1.807, 2.05) is 0 Å². The zero-order chi connectivity index (χ0) is 14.7. The number of amides is 1. The third kappa shape index (κ3) is 2.56. The number of rotatable bonds is 3. The molecule has 1 aromatic carbocycles. The molecule has 1 amide bonds. The second-order valence-electron chi connectivity index (χ2n) is 3.99. The smallest absolute Gasteiger partial charge is 0.337 e. The number of benzene rings is 1. The van der Waals surface area contributed by atoms with Gasteiger partial charge in [-0.25, -0.2) is 9.89 Å². The van der Waals surface area contributed by atoms with Crippen LogP contribution in [0.4, 0.5) is 5.69 Å². The number of aromatic carboxylic acids is 1. The largest absolute Gasteiger partial charge is 0.478 e. The molecule has 7 nitrogen and oxygen atoms in total. The second kappa shape index (κ2) is 5.35. The first-order chi connectivity index (χ1) is 9.50. The summed E-state index contributed by atoms with van der Waals surface area (Å²) >= 11 is 0. The predicted molar refractivity (Wildman–Crippen MR) is 71.0 cm³/mol. The number of carbonyl (C=O) groups excluding carboxylic acids is 1. The SMILES string of the molecule is CN(C(=O)c1ccc(=O)[nH]n1)c1ccccc1C(=O)O. The lowest BCUT2D eigenvalue weighted by atomic mass is 10.1. The summed E-state index contributed by atoms with van der Waals surface area (Å²) in [6.07, 6.45) is 0. The summed E-state index contributed by atoms with van der Waals surface area (Å²) in [6.45, 7) is 0. The van der Waals surface area contributed by atoms with Crippen LogP contribution in [0.2, 0.25) is 0 Å².